The number of aliphatic hydroxyl groups excluding tert-OH is 2. The van der Waals surface area contributed by atoms with Crippen molar-refractivity contribution in [2.45, 2.75) is 55.8 Å². The minimum atomic E-state index is -0.657. The molecule has 9 nitrogen and oxygen atoms in total. The molecule has 3 aromatic rings. The Morgan fingerprint density at radius 2 is 1.92 bits per heavy atom. The number of ether oxygens (including phenoxy) is 3. The Morgan fingerprint density at radius 1 is 1.13 bits per heavy atom. The lowest BCUT2D eigenvalue weighted by molar-refractivity contribution is -0.136. The standard InChI is InChI=1S/C28H28FN3O6/c29-19-9-20-21(10-24(30-20)38-23-13-37-27-22(34)12-36-28(23)27)31-26(19)15-3-1-14(2-4-15)16-7-17-5-6-18(8-16)32(17)25(35)11-33/h1-4,7,9-10,17-18,22-23,27-28,30,33-34H,5-6,8,11-13H2/t17?,18?,22-,23-,27-,28-/m1/s1. The number of amides is 1. The minimum absolute atomic E-state index is 0.0154. The molecule has 0 aliphatic carbocycles. The van der Waals surface area contributed by atoms with Crippen LogP contribution in [0.15, 0.2) is 42.5 Å². The molecular formula is C28H28FN3O6. The Kier molecular flexibility index (Phi) is 5.73. The fraction of sp³-hybridized carbons (Fsp3) is 0.429. The second-order valence-corrected chi connectivity index (χ2v) is 10.4. The van der Waals surface area contributed by atoms with Gasteiger partial charge in [0.05, 0.1) is 30.3 Å². The summed E-state index contributed by atoms with van der Waals surface area (Å²) in [5.41, 5.74) is 4.21. The van der Waals surface area contributed by atoms with Crippen molar-refractivity contribution in [3.63, 3.8) is 0 Å². The van der Waals surface area contributed by atoms with Crippen LogP contribution in [-0.4, -0.2) is 87.3 Å². The van der Waals surface area contributed by atoms with Crippen molar-refractivity contribution in [1.82, 2.24) is 14.9 Å². The summed E-state index contributed by atoms with van der Waals surface area (Å²) in [7, 11) is 0. The van der Waals surface area contributed by atoms with Crippen molar-refractivity contribution in [3.8, 4) is 17.1 Å². The largest absolute Gasteiger partial charge is 0.470 e. The Hall–Kier alpha value is -3.31. The average molecular weight is 522 g/mol. The van der Waals surface area contributed by atoms with Crippen LogP contribution < -0.4 is 4.74 Å². The Bertz CT molecular complexity index is 1420. The van der Waals surface area contributed by atoms with Crippen LogP contribution in [-0.2, 0) is 14.3 Å². The van der Waals surface area contributed by atoms with Crippen LogP contribution in [0, 0.1) is 5.82 Å². The van der Waals surface area contributed by atoms with Gasteiger partial charge >= 0.3 is 0 Å². The van der Waals surface area contributed by atoms with Gasteiger partial charge in [-0.15, -0.1) is 0 Å². The number of halogens is 1. The van der Waals surface area contributed by atoms with Gasteiger partial charge < -0.3 is 34.3 Å². The molecule has 10 heteroatoms. The molecule has 2 bridgehead atoms. The van der Waals surface area contributed by atoms with Crippen molar-refractivity contribution in [2.75, 3.05) is 19.8 Å². The van der Waals surface area contributed by atoms with E-state index in [0.29, 0.717) is 29.1 Å². The molecule has 2 aromatic heterocycles. The van der Waals surface area contributed by atoms with Gasteiger partial charge in [-0.3, -0.25) is 4.79 Å². The molecule has 3 fully saturated rings. The number of hydrogen-bond donors (Lipinski definition) is 3. The van der Waals surface area contributed by atoms with E-state index >= 15 is 4.39 Å². The molecule has 0 saturated carbocycles. The normalized spacial score (nSPS) is 30.1. The van der Waals surface area contributed by atoms with Gasteiger partial charge in [-0.05, 0) is 30.4 Å². The van der Waals surface area contributed by atoms with Crippen LogP contribution in [0.5, 0.6) is 5.88 Å². The van der Waals surface area contributed by atoms with Gasteiger partial charge in [0.1, 0.15) is 30.6 Å². The summed E-state index contributed by atoms with van der Waals surface area (Å²) in [4.78, 5) is 21.6. The maximum atomic E-state index is 15.1. The molecule has 6 atom stereocenters. The number of fused-ring (bicyclic) bond motifs is 4. The van der Waals surface area contributed by atoms with Gasteiger partial charge in [0, 0.05) is 23.7 Å². The zero-order valence-corrected chi connectivity index (χ0v) is 20.5. The summed E-state index contributed by atoms with van der Waals surface area (Å²) in [6.07, 6.45) is 2.92. The quantitative estimate of drug-likeness (QED) is 0.472. The highest BCUT2D eigenvalue weighted by Gasteiger charge is 2.48. The van der Waals surface area contributed by atoms with Crippen molar-refractivity contribution in [1.29, 1.82) is 0 Å². The maximum absolute atomic E-state index is 15.1. The number of nitrogens with zero attached hydrogens (tertiary/aromatic N) is 2. The molecule has 38 heavy (non-hydrogen) atoms. The van der Waals surface area contributed by atoms with Gasteiger partial charge in [-0.25, -0.2) is 9.37 Å². The number of aromatic amines is 1. The summed E-state index contributed by atoms with van der Waals surface area (Å²) in [6.45, 7) is 0.0585. The second-order valence-electron chi connectivity index (χ2n) is 10.4. The highest BCUT2D eigenvalue weighted by molar-refractivity contribution is 5.82. The number of carbonyl (C=O) groups excluding carboxylic acids is 1. The van der Waals surface area contributed by atoms with E-state index in [-0.39, 0.29) is 42.5 Å². The number of pyridine rings is 1. The number of carbonyl (C=O) groups is 1. The molecule has 1 aromatic carbocycles. The third-order valence-electron chi connectivity index (χ3n) is 8.14. The molecule has 0 spiro atoms. The fourth-order valence-corrected chi connectivity index (χ4v) is 6.34. The van der Waals surface area contributed by atoms with Crippen LogP contribution >= 0.6 is 0 Å². The smallest absolute Gasteiger partial charge is 0.249 e. The molecule has 1 amide bonds. The topological polar surface area (TPSA) is 117 Å². The summed E-state index contributed by atoms with van der Waals surface area (Å²) < 4.78 is 32.3. The van der Waals surface area contributed by atoms with Crippen LogP contribution in [0.4, 0.5) is 4.39 Å². The minimum Gasteiger partial charge on any atom is -0.470 e. The third kappa shape index (κ3) is 3.90. The SMILES string of the molecule is O=C(CO)N1C2C=C(c3ccc(-c4nc5cc(O[C@@H]6CO[C@H]7[C@@H]6OC[C@H]7O)[nH]c5cc4F)cc3)CC1CC2. The van der Waals surface area contributed by atoms with E-state index in [1.165, 1.54) is 11.6 Å². The van der Waals surface area contributed by atoms with Crippen molar-refractivity contribution in [2.24, 2.45) is 0 Å². The van der Waals surface area contributed by atoms with E-state index in [0.717, 1.165) is 24.8 Å². The number of hydrogen-bond acceptors (Lipinski definition) is 7. The van der Waals surface area contributed by atoms with Gasteiger partial charge in [0.25, 0.3) is 0 Å². The summed E-state index contributed by atoms with van der Waals surface area (Å²) in [5.74, 6) is -0.227. The predicted octanol–water partition coefficient (Wildman–Crippen LogP) is 2.41. The molecular weight excluding hydrogens is 493 g/mol. The predicted molar refractivity (Wildman–Crippen MR) is 135 cm³/mol. The number of aliphatic hydroxyl groups is 2. The molecule has 198 valence electrons. The number of rotatable bonds is 5. The van der Waals surface area contributed by atoms with E-state index in [1.807, 2.05) is 29.2 Å². The molecule has 2 unspecified atom stereocenters. The zero-order valence-electron chi connectivity index (χ0n) is 20.5. The van der Waals surface area contributed by atoms with Gasteiger partial charge in [-0.2, -0.15) is 0 Å². The van der Waals surface area contributed by atoms with E-state index < -0.39 is 24.6 Å². The van der Waals surface area contributed by atoms with Gasteiger partial charge in [0.2, 0.25) is 5.91 Å². The van der Waals surface area contributed by atoms with Crippen molar-refractivity contribution < 1.29 is 33.6 Å². The average Bonchev–Trinajstić information content (AvgIpc) is 3.67. The number of H-pyrrole nitrogens is 1. The molecule has 0 radical (unpaired) electrons. The molecule has 7 rings (SSSR count). The van der Waals surface area contributed by atoms with Crippen molar-refractivity contribution in [3.05, 3.63) is 53.9 Å². The van der Waals surface area contributed by atoms with Crippen LogP contribution in [0.1, 0.15) is 24.8 Å². The second kappa shape index (κ2) is 9.16. The third-order valence-corrected chi connectivity index (χ3v) is 8.14. The summed E-state index contributed by atoms with van der Waals surface area (Å²) >= 11 is 0. The lowest BCUT2D eigenvalue weighted by Gasteiger charge is -2.33. The van der Waals surface area contributed by atoms with Crippen LogP contribution in [0.2, 0.25) is 0 Å². The molecule has 3 saturated heterocycles. The Balaban J connectivity index is 1.10. The number of benzene rings is 1. The molecule has 6 heterocycles. The van der Waals surface area contributed by atoms with E-state index in [9.17, 15) is 15.0 Å². The number of nitrogens with one attached hydrogen (secondary N) is 1. The lowest BCUT2D eigenvalue weighted by Crippen LogP contribution is -2.44. The Labute approximate surface area is 217 Å². The molecule has 3 N–H and O–H groups in total. The first-order valence-electron chi connectivity index (χ1n) is 13.0. The monoisotopic (exact) mass is 521 g/mol. The summed E-state index contributed by atoms with van der Waals surface area (Å²) in [5, 5.41) is 19.2. The first kappa shape index (κ1) is 23.8. The summed E-state index contributed by atoms with van der Waals surface area (Å²) in [6, 6.07) is 10.9. The van der Waals surface area contributed by atoms with E-state index in [4.69, 9.17) is 14.2 Å². The first-order valence-corrected chi connectivity index (χ1v) is 13.0. The van der Waals surface area contributed by atoms with Gasteiger partial charge in [-0.1, -0.05) is 30.3 Å². The highest BCUT2D eigenvalue weighted by Crippen LogP contribution is 2.39. The van der Waals surface area contributed by atoms with Crippen molar-refractivity contribution >= 4 is 22.5 Å². The first-order chi connectivity index (χ1) is 18.5. The van der Waals surface area contributed by atoms with Crippen LogP contribution in [0.3, 0.4) is 0 Å². The van der Waals surface area contributed by atoms with E-state index in [1.54, 1.807) is 6.07 Å². The maximum Gasteiger partial charge on any atom is 0.249 e. The van der Waals surface area contributed by atoms with Gasteiger partial charge in [0.15, 0.2) is 17.8 Å². The van der Waals surface area contributed by atoms with Crippen LogP contribution in [0.25, 0.3) is 27.9 Å². The zero-order chi connectivity index (χ0) is 26.0. The molecule has 4 aliphatic rings. The highest BCUT2D eigenvalue weighted by atomic mass is 19.1. The molecule has 4 aliphatic heterocycles. The lowest BCUT2D eigenvalue weighted by atomic mass is 9.93. The van der Waals surface area contributed by atoms with E-state index in [2.05, 4.69) is 16.0 Å². The fourth-order valence-electron chi connectivity index (χ4n) is 6.34. The number of aromatic nitrogens is 2. The Morgan fingerprint density at radius 3 is 2.71 bits per heavy atom.